The van der Waals surface area contributed by atoms with Crippen molar-refractivity contribution in [3.8, 4) is 0 Å². The summed E-state index contributed by atoms with van der Waals surface area (Å²) >= 11 is 0. The predicted octanol–water partition coefficient (Wildman–Crippen LogP) is -1.48. The molecule has 1 saturated heterocycles. The van der Waals surface area contributed by atoms with Gasteiger partial charge in [-0.1, -0.05) is 0 Å². The normalized spacial score (nSPS) is 25.2. The Bertz CT molecular complexity index is 235. The molecule has 6 heteroatoms. The Morgan fingerprint density at radius 3 is 2.72 bits per heavy atom. The van der Waals surface area contributed by atoms with Gasteiger partial charge in [-0.2, -0.15) is 0 Å². The van der Waals surface area contributed by atoms with E-state index < -0.39 is 0 Å². The molecule has 0 aromatic carbocycles. The molecular formula is C12H25N3O3. The number of aliphatic hydroxyl groups is 2. The van der Waals surface area contributed by atoms with Gasteiger partial charge in [0.25, 0.3) is 0 Å². The fourth-order valence-electron chi connectivity index (χ4n) is 2.66. The number of hydrogen-bond donors (Lipinski definition) is 4. The van der Waals surface area contributed by atoms with Gasteiger partial charge in [-0.3, -0.25) is 9.69 Å². The highest BCUT2D eigenvalue weighted by molar-refractivity contribution is 5.75. The molecule has 1 heterocycles. The van der Waals surface area contributed by atoms with E-state index in [1.165, 1.54) is 0 Å². The van der Waals surface area contributed by atoms with Gasteiger partial charge in [-0.05, 0) is 25.2 Å². The minimum atomic E-state index is -0.307. The van der Waals surface area contributed by atoms with Gasteiger partial charge in [0, 0.05) is 32.3 Å². The number of nitrogens with zero attached hydrogens (tertiary/aromatic N) is 1. The third-order valence-corrected chi connectivity index (χ3v) is 3.31. The summed E-state index contributed by atoms with van der Waals surface area (Å²) in [5.41, 5.74) is 5.23. The SMILES string of the molecule is NC(=O)CN1CC(CCCO)CC(NCCO)C1. The molecule has 2 unspecified atom stereocenters. The average molecular weight is 259 g/mol. The van der Waals surface area contributed by atoms with Crippen molar-refractivity contribution in [3.63, 3.8) is 0 Å². The Morgan fingerprint density at radius 1 is 1.33 bits per heavy atom. The number of carbonyl (C=O) groups is 1. The smallest absolute Gasteiger partial charge is 0.231 e. The molecule has 0 saturated carbocycles. The lowest BCUT2D eigenvalue weighted by molar-refractivity contribution is -0.119. The summed E-state index contributed by atoms with van der Waals surface area (Å²) in [6, 6.07) is 0.286. The standard InChI is InChI=1S/C12H25N3O3/c13-12(18)9-15-7-10(2-1-4-16)6-11(8-15)14-3-5-17/h10-11,14,16-17H,1-9H2,(H2,13,18). The van der Waals surface area contributed by atoms with Gasteiger partial charge in [0.15, 0.2) is 0 Å². The third kappa shape index (κ3) is 5.77. The van der Waals surface area contributed by atoms with Crippen molar-refractivity contribution in [3.05, 3.63) is 0 Å². The van der Waals surface area contributed by atoms with E-state index in [0.717, 1.165) is 32.4 Å². The summed E-state index contributed by atoms with van der Waals surface area (Å²) in [7, 11) is 0. The number of likely N-dealkylation sites (tertiary alicyclic amines) is 1. The summed E-state index contributed by atoms with van der Waals surface area (Å²) < 4.78 is 0. The van der Waals surface area contributed by atoms with E-state index in [1.807, 2.05) is 0 Å². The largest absolute Gasteiger partial charge is 0.396 e. The Kier molecular flexibility index (Phi) is 7.19. The number of amides is 1. The van der Waals surface area contributed by atoms with Crippen molar-refractivity contribution in [2.24, 2.45) is 11.7 Å². The molecular weight excluding hydrogens is 234 g/mol. The fourth-order valence-corrected chi connectivity index (χ4v) is 2.66. The first-order valence-corrected chi connectivity index (χ1v) is 6.61. The second-order valence-electron chi connectivity index (χ2n) is 5.00. The number of aliphatic hydroxyl groups excluding tert-OH is 2. The Balaban J connectivity index is 2.45. The van der Waals surface area contributed by atoms with Crippen LogP contribution in [-0.2, 0) is 4.79 Å². The highest BCUT2D eigenvalue weighted by atomic mass is 16.3. The molecule has 0 radical (unpaired) electrons. The van der Waals surface area contributed by atoms with Crippen LogP contribution in [0.5, 0.6) is 0 Å². The lowest BCUT2D eigenvalue weighted by Gasteiger charge is -2.37. The second-order valence-corrected chi connectivity index (χ2v) is 5.00. The van der Waals surface area contributed by atoms with E-state index in [1.54, 1.807) is 0 Å². The number of carbonyl (C=O) groups excluding carboxylic acids is 1. The first-order chi connectivity index (χ1) is 8.65. The predicted molar refractivity (Wildman–Crippen MR) is 68.9 cm³/mol. The van der Waals surface area contributed by atoms with E-state index in [9.17, 15) is 4.79 Å². The van der Waals surface area contributed by atoms with Crippen LogP contribution in [0.25, 0.3) is 0 Å². The molecule has 0 bridgehead atoms. The number of rotatable bonds is 8. The Labute approximate surface area is 108 Å². The van der Waals surface area contributed by atoms with Crippen molar-refractivity contribution in [2.45, 2.75) is 25.3 Å². The molecule has 5 N–H and O–H groups in total. The van der Waals surface area contributed by atoms with Crippen molar-refractivity contribution in [2.75, 3.05) is 39.4 Å². The molecule has 0 spiro atoms. The van der Waals surface area contributed by atoms with Gasteiger partial charge >= 0.3 is 0 Å². The summed E-state index contributed by atoms with van der Waals surface area (Å²) in [6.07, 6.45) is 2.78. The lowest BCUT2D eigenvalue weighted by Crippen LogP contribution is -2.51. The molecule has 106 valence electrons. The maximum atomic E-state index is 11.0. The van der Waals surface area contributed by atoms with E-state index in [0.29, 0.717) is 12.5 Å². The summed E-state index contributed by atoms with van der Waals surface area (Å²) in [4.78, 5) is 13.0. The molecule has 1 aliphatic rings. The van der Waals surface area contributed by atoms with Gasteiger partial charge in [0.05, 0.1) is 13.2 Å². The van der Waals surface area contributed by atoms with Crippen LogP contribution in [0.3, 0.4) is 0 Å². The molecule has 2 atom stereocenters. The molecule has 0 aliphatic carbocycles. The van der Waals surface area contributed by atoms with Gasteiger partial charge in [0.1, 0.15) is 0 Å². The zero-order valence-electron chi connectivity index (χ0n) is 10.8. The zero-order valence-corrected chi connectivity index (χ0v) is 10.8. The maximum absolute atomic E-state index is 11.0. The maximum Gasteiger partial charge on any atom is 0.231 e. The summed E-state index contributed by atoms with van der Waals surface area (Å²) in [5, 5.41) is 21.0. The van der Waals surface area contributed by atoms with Crippen LogP contribution < -0.4 is 11.1 Å². The van der Waals surface area contributed by atoms with Crippen molar-refractivity contribution in [1.82, 2.24) is 10.2 Å². The highest BCUT2D eigenvalue weighted by Crippen LogP contribution is 2.21. The minimum absolute atomic E-state index is 0.119. The van der Waals surface area contributed by atoms with Crippen LogP contribution >= 0.6 is 0 Å². The molecule has 6 nitrogen and oxygen atoms in total. The number of nitrogens with two attached hydrogens (primary N) is 1. The van der Waals surface area contributed by atoms with Crippen LogP contribution in [0, 0.1) is 5.92 Å². The van der Waals surface area contributed by atoms with E-state index >= 15 is 0 Å². The van der Waals surface area contributed by atoms with E-state index in [-0.39, 0.29) is 31.7 Å². The van der Waals surface area contributed by atoms with Crippen molar-refractivity contribution in [1.29, 1.82) is 0 Å². The first-order valence-electron chi connectivity index (χ1n) is 6.61. The Morgan fingerprint density at radius 2 is 2.11 bits per heavy atom. The minimum Gasteiger partial charge on any atom is -0.396 e. The number of primary amides is 1. The average Bonchev–Trinajstić information content (AvgIpc) is 2.33. The monoisotopic (exact) mass is 259 g/mol. The second kappa shape index (κ2) is 8.42. The highest BCUT2D eigenvalue weighted by Gasteiger charge is 2.27. The molecule has 0 aromatic rings. The number of piperidine rings is 1. The van der Waals surface area contributed by atoms with Gasteiger partial charge in [0.2, 0.25) is 5.91 Å². The summed E-state index contributed by atoms with van der Waals surface area (Å²) in [6.45, 7) is 2.84. The number of hydrogen-bond acceptors (Lipinski definition) is 5. The van der Waals surface area contributed by atoms with Crippen LogP contribution in [0.2, 0.25) is 0 Å². The molecule has 1 aliphatic heterocycles. The van der Waals surface area contributed by atoms with E-state index in [2.05, 4.69) is 10.2 Å². The fraction of sp³-hybridized carbons (Fsp3) is 0.917. The summed E-state index contributed by atoms with van der Waals surface area (Å²) in [5.74, 6) is 0.167. The van der Waals surface area contributed by atoms with E-state index in [4.69, 9.17) is 15.9 Å². The van der Waals surface area contributed by atoms with Crippen LogP contribution in [-0.4, -0.2) is 66.5 Å². The van der Waals surface area contributed by atoms with Crippen LogP contribution in [0.1, 0.15) is 19.3 Å². The molecule has 1 fully saturated rings. The lowest BCUT2D eigenvalue weighted by atomic mass is 9.90. The molecule has 18 heavy (non-hydrogen) atoms. The number of nitrogens with one attached hydrogen (secondary N) is 1. The zero-order chi connectivity index (χ0) is 13.4. The quantitative estimate of drug-likeness (QED) is 0.426. The third-order valence-electron chi connectivity index (χ3n) is 3.31. The Hall–Kier alpha value is -0.690. The van der Waals surface area contributed by atoms with Crippen LogP contribution in [0.4, 0.5) is 0 Å². The van der Waals surface area contributed by atoms with Crippen LogP contribution in [0.15, 0.2) is 0 Å². The molecule has 1 rings (SSSR count). The van der Waals surface area contributed by atoms with Gasteiger partial charge in [-0.25, -0.2) is 0 Å². The first kappa shape index (κ1) is 15.4. The van der Waals surface area contributed by atoms with Gasteiger partial charge < -0.3 is 21.3 Å². The van der Waals surface area contributed by atoms with Crippen molar-refractivity contribution >= 4 is 5.91 Å². The van der Waals surface area contributed by atoms with Crippen molar-refractivity contribution < 1.29 is 15.0 Å². The van der Waals surface area contributed by atoms with Gasteiger partial charge in [-0.15, -0.1) is 0 Å². The topological polar surface area (TPSA) is 98.8 Å². The molecule has 1 amide bonds. The molecule has 0 aromatic heterocycles.